The van der Waals surface area contributed by atoms with Gasteiger partial charge in [0.25, 0.3) is 0 Å². The van der Waals surface area contributed by atoms with Crippen LogP contribution in [0.1, 0.15) is 28.4 Å². The lowest BCUT2D eigenvalue weighted by atomic mass is 10.2. The average Bonchev–Trinajstić information content (AvgIpc) is 2.82. The molecule has 0 unspecified atom stereocenters. The second kappa shape index (κ2) is 11.3. The molecule has 0 saturated heterocycles. The van der Waals surface area contributed by atoms with Gasteiger partial charge in [-0.2, -0.15) is 0 Å². The molecule has 0 N–H and O–H groups in total. The van der Waals surface area contributed by atoms with E-state index in [1.54, 1.807) is 33.3 Å². The summed E-state index contributed by atoms with van der Waals surface area (Å²) in [6.45, 7) is 2.54. The van der Waals surface area contributed by atoms with Crippen LogP contribution in [0.15, 0.2) is 60.7 Å². The third-order valence-electron chi connectivity index (χ3n) is 4.64. The van der Waals surface area contributed by atoms with Crippen molar-refractivity contribution in [2.45, 2.75) is 20.1 Å². The molecule has 32 heavy (non-hydrogen) atoms. The summed E-state index contributed by atoms with van der Waals surface area (Å²) in [4.78, 5) is 12.3. The Morgan fingerprint density at radius 1 is 0.781 bits per heavy atom. The predicted molar refractivity (Wildman–Crippen MR) is 122 cm³/mol. The van der Waals surface area contributed by atoms with E-state index < -0.39 is 5.97 Å². The molecule has 0 saturated carbocycles. The van der Waals surface area contributed by atoms with E-state index in [0.29, 0.717) is 11.5 Å². The smallest absolute Gasteiger partial charge is 0.339 e. The van der Waals surface area contributed by atoms with Crippen LogP contribution >= 0.6 is 11.6 Å². The van der Waals surface area contributed by atoms with Crippen LogP contribution in [-0.4, -0.2) is 26.8 Å². The van der Waals surface area contributed by atoms with Crippen LogP contribution in [0.3, 0.4) is 0 Å². The van der Waals surface area contributed by atoms with E-state index in [9.17, 15) is 4.79 Å². The first kappa shape index (κ1) is 23.3. The van der Waals surface area contributed by atoms with Crippen LogP contribution in [0.5, 0.6) is 23.0 Å². The van der Waals surface area contributed by atoms with Gasteiger partial charge in [0.15, 0.2) is 11.5 Å². The van der Waals surface area contributed by atoms with Crippen LogP contribution in [0.2, 0.25) is 5.02 Å². The summed E-state index contributed by atoms with van der Waals surface area (Å²) >= 11 is 6.34. The Hall–Kier alpha value is -3.38. The highest BCUT2D eigenvalue weighted by molar-refractivity contribution is 6.33. The van der Waals surface area contributed by atoms with Crippen LogP contribution in [0.25, 0.3) is 0 Å². The number of hydrogen-bond acceptors (Lipinski definition) is 6. The fraction of sp³-hybridized carbons (Fsp3) is 0.240. The largest absolute Gasteiger partial charge is 0.497 e. The Labute approximate surface area is 192 Å². The number of rotatable bonds is 10. The Morgan fingerprint density at radius 2 is 1.25 bits per heavy atom. The van der Waals surface area contributed by atoms with Gasteiger partial charge in [-0.15, -0.1) is 0 Å². The molecular formula is C25H25ClO6. The van der Waals surface area contributed by atoms with Gasteiger partial charge in [-0.3, -0.25) is 0 Å². The maximum atomic E-state index is 12.3. The second-order valence-electron chi connectivity index (χ2n) is 6.77. The van der Waals surface area contributed by atoms with E-state index in [-0.39, 0.29) is 30.4 Å². The number of methoxy groups -OCH3 is 2. The standard InChI is InChI=1S/C25H25ClO6/c1-4-30-25(27)21-13-23(31-15-17-5-9-19(28-2)10-6-17)24(14-22(21)26)32-16-18-7-11-20(29-3)12-8-18/h5-14H,4,15-16H2,1-3H3. The molecule has 3 rings (SSSR count). The van der Waals surface area contributed by atoms with Crippen LogP contribution in [-0.2, 0) is 18.0 Å². The molecule has 7 heteroatoms. The van der Waals surface area contributed by atoms with Crippen LogP contribution in [0, 0.1) is 0 Å². The number of benzene rings is 3. The van der Waals surface area contributed by atoms with Gasteiger partial charge in [-0.1, -0.05) is 35.9 Å². The van der Waals surface area contributed by atoms with Crippen molar-refractivity contribution in [1.82, 2.24) is 0 Å². The minimum atomic E-state index is -0.520. The molecule has 0 atom stereocenters. The third-order valence-corrected chi connectivity index (χ3v) is 4.95. The van der Waals surface area contributed by atoms with Crippen molar-refractivity contribution in [3.05, 3.63) is 82.4 Å². The fourth-order valence-corrected chi connectivity index (χ4v) is 3.12. The molecule has 3 aromatic rings. The maximum absolute atomic E-state index is 12.3. The van der Waals surface area contributed by atoms with Gasteiger partial charge >= 0.3 is 5.97 Å². The molecule has 0 aliphatic carbocycles. The molecule has 0 radical (unpaired) electrons. The first-order valence-corrected chi connectivity index (χ1v) is 10.4. The molecule has 0 aromatic heterocycles. The van der Waals surface area contributed by atoms with E-state index in [1.807, 2.05) is 48.5 Å². The van der Waals surface area contributed by atoms with Gasteiger partial charge in [-0.25, -0.2) is 4.79 Å². The maximum Gasteiger partial charge on any atom is 0.339 e. The van der Waals surface area contributed by atoms with Crippen molar-refractivity contribution < 1.29 is 28.5 Å². The number of halogens is 1. The van der Waals surface area contributed by atoms with Gasteiger partial charge in [0.05, 0.1) is 31.4 Å². The zero-order valence-electron chi connectivity index (χ0n) is 18.2. The molecule has 6 nitrogen and oxygen atoms in total. The van der Waals surface area contributed by atoms with E-state index in [0.717, 1.165) is 22.6 Å². The summed E-state index contributed by atoms with van der Waals surface area (Å²) < 4.78 is 27.4. The Bertz CT molecular complexity index is 1030. The summed E-state index contributed by atoms with van der Waals surface area (Å²) in [5.74, 6) is 1.81. The normalized spacial score (nSPS) is 10.4. The van der Waals surface area contributed by atoms with Crippen molar-refractivity contribution in [3.8, 4) is 23.0 Å². The molecule has 0 bridgehead atoms. The number of esters is 1. The van der Waals surface area contributed by atoms with Crippen molar-refractivity contribution >= 4 is 17.6 Å². The first-order chi connectivity index (χ1) is 15.5. The molecule has 0 heterocycles. The van der Waals surface area contributed by atoms with E-state index in [1.165, 1.54) is 0 Å². The van der Waals surface area contributed by atoms with Gasteiger partial charge in [-0.05, 0) is 42.3 Å². The number of hydrogen-bond donors (Lipinski definition) is 0. The van der Waals surface area contributed by atoms with Gasteiger partial charge in [0.1, 0.15) is 24.7 Å². The SMILES string of the molecule is CCOC(=O)c1cc(OCc2ccc(OC)cc2)c(OCc2ccc(OC)cc2)cc1Cl. The number of carbonyl (C=O) groups excluding carboxylic acids is 1. The molecule has 0 amide bonds. The van der Waals surface area contributed by atoms with Crippen LogP contribution < -0.4 is 18.9 Å². The molecule has 168 valence electrons. The van der Waals surface area contributed by atoms with E-state index >= 15 is 0 Å². The average molecular weight is 457 g/mol. The second-order valence-corrected chi connectivity index (χ2v) is 7.18. The van der Waals surface area contributed by atoms with Crippen LogP contribution in [0.4, 0.5) is 0 Å². The zero-order valence-corrected chi connectivity index (χ0v) is 19.0. The molecule has 3 aromatic carbocycles. The highest BCUT2D eigenvalue weighted by atomic mass is 35.5. The third kappa shape index (κ3) is 6.08. The van der Waals surface area contributed by atoms with Gasteiger partial charge in [0, 0.05) is 12.1 Å². The lowest BCUT2D eigenvalue weighted by Crippen LogP contribution is -2.07. The fourth-order valence-electron chi connectivity index (χ4n) is 2.89. The minimum Gasteiger partial charge on any atom is -0.497 e. The highest BCUT2D eigenvalue weighted by Gasteiger charge is 2.18. The lowest BCUT2D eigenvalue weighted by Gasteiger charge is -2.16. The predicted octanol–water partition coefficient (Wildman–Crippen LogP) is 5.69. The lowest BCUT2D eigenvalue weighted by molar-refractivity contribution is 0.0526. The van der Waals surface area contributed by atoms with Gasteiger partial charge < -0.3 is 23.7 Å². The zero-order chi connectivity index (χ0) is 22.9. The summed E-state index contributed by atoms with van der Waals surface area (Å²) in [5.41, 5.74) is 2.09. The number of ether oxygens (including phenoxy) is 5. The topological polar surface area (TPSA) is 63.2 Å². The first-order valence-electron chi connectivity index (χ1n) is 10.1. The highest BCUT2D eigenvalue weighted by Crippen LogP contribution is 2.35. The minimum absolute atomic E-state index is 0.218. The molecule has 0 fully saturated rings. The Kier molecular flexibility index (Phi) is 8.22. The van der Waals surface area contributed by atoms with E-state index in [4.69, 9.17) is 35.3 Å². The van der Waals surface area contributed by atoms with E-state index in [2.05, 4.69) is 0 Å². The summed E-state index contributed by atoms with van der Waals surface area (Å²) in [7, 11) is 3.23. The van der Waals surface area contributed by atoms with Crippen molar-refractivity contribution in [2.75, 3.05) is 20.8 Å². The molecular weight excluding hydrogens is 432 g/mol. The quantitative estimate of drug-likeness (QED) is 0.365. The Balaban J connectivity index is 1.82. The van der Waals surface area contributed by atoms with Crippen molar-refractivity contribution in [1.29, 1.82) is 0 Å². The molecule has 0 spiro atoms. The summed E-state index contributed by atoms with van der Waals surface area (Å²) in [6, 6.07) is 18.2. The summed E-state index contributed by atoms with van der Waals surface area (Å²) in [6.07, 6.45) is 0. The monoisotopic (exact) mass is 456 g/mol. The Morgan fingerprint density at radius 3 is 1.69 bits per heavy atom. The molecule has 0 aliphatic rings. The van der Waals surface area contributed by atoms with Crippen molar-refractivity contribution in [3.63, 3.8) is 0 Å². The number of carbonyl (C=O) groups is 1. The molecule has 0 aliphatic heterocycles. The summed E-state index contributed by atoms with van der Waals surface area (Å²) in [5, 5.41) is 0.227. The van der Waals surface area contributed by atoms with Crippen molar-refractivity contribution in [2.24, 2.45) is 0 Å². The van der Waals surface area contributed by atoms with Gasteiger partial charge in [0.2, 0.25) is 0 Å².